The van der Waals surface area contributed by atoms with Crippen molar-refractivity contribution in [3.8, 4) is 5.75 Å². The molecular weight excluding hydrogens is 522 g/mol. The fourth-order valence-corrected chi connectivity index (χ4v) is 3.79. The number of hydrogen-bond acceptors (Lipinski definition) is 8. The maximum absolute atomic E-state index is 13.3. The summed E-state index contributed by atoms with van der Waals surface area (Å²) in [5, 5.41) is 35.8. The third kappa shape index (κ3) is 10.3. The van der Waals surface area contributed by atoms with Crippen molar-refractivity contribution in [2.75, 3.05) is 0 Å². The molecule has 0 aliphatic heterocycles. The Balaban J connectivity index is 2.22. The van der Waals surface area contributed by atoms with Crippen LogP contribution in [0.15, 0.2) is 54.6 Å². The molecule has 0 saturated carbocycles. The van der Waals surface area contributed by atoms with Crippen LogP contribution >= 0.6 is 0 Å². The number of aliphatic hydroxyl groups excluding tert-OH is 1. The summed E-state index contributed by atoms with van der Waals surface area (Å²) in [4.78, 5) is 62.1. The van der Waals surface area contributed by atoms with Crippen LogP contribution < -0.4 is 27.4 Å². The monoisotopic (exact) mass is 557 g/mol. The average Bonchev–Trinajstić information content (AvgIpc) is 2.90. The number of nitrogens with two attached hydrogens (primary N) is 2. The van der Waals surface area contributed by atoms with Crippen LogP contribution in [0, 0.1) is 0 Å². The molecule has 0 aliphatic rings. The van der Waals surface area contributed by atoms with Crippen LogP contribution in [0.25, 0.3) is 0 Å². The largest absolute Gasteiger partial charge is 0.508 e. The lowest BCUT2D eigenvalue weighted by Crippen LogP contribution is -2.59. The van der Waals surface area contributed by atoms with Gasteiger partial charge in [-0.3, -0.25) is 19.2 Å². The van der Waals surface area contributed by atoms with Gasteiger partial charge in [-0.2, -0.15) is 0 Å². The van der Waals surface area contributed by atoms with Crippen LogP contribution in [0.2, 0.25) is 0 Å². The topological polar surface area (TPSA) is 234 Å². The van der Waals surface area contributed by atoms with Crippen molar-refractivity contribution in [2.45, 2.75) is 62.9 Å². The number of carbonyl (C=O) groups excluding carboxylic acids is 4. The molecule has 2 rings (SSSR count). The third-order valence-electron chi connectivity index (χ3n) is 6.00. The summed E-state index contributed by atoms with van der Waals surface area (Å²) in [5.74, 6) is -4.56. The van der Waals surface area contributed by atoms with Crippen molar-refractivity contribution in [3.05, 3.63) is 65.7 Å². The summed E-state index contributed by atoms with van der Waals surface area (Å²) in [5.41, 5.74) is 12.5. The Morgan fingerprint density at radius 3 is 1.90 bits per heavy atom. The molecule has 0 spiro atoms. The molecule has 0 saturated heterocycles. The number of carboxylic acids is 1. The van der Waals surface area contributed by atoms with Crippen molar-refractivity contribution >= 4 is 29.6 Å². The second-order valence-electron chi connectivity index (χ2n) is 9.36. The third-order valence-corrected chi connectivity index (χ3v) is 6.00. The molecule has 0 heterocycles. The molecule has 2 aromatic carbocycles. The highest BCUT2D eigenvalue weighted by molar-refractivity contribution is 5.94. The normalized spacial score (nSPS) is 14.6. The zero-order valence-electron chi connectivity index (χ0n) is 21.9. The van der Waals surface area contributed by atoms with Crippen LogP contribution in [0.4, 0.5) is 0 Å². The van der Waals surface area contributed by atoms with Gasteiger partial charge in [0.15, 0.2) is 6.04 Å². The van der Waals surface area contributed by atoms with E-state index in [1.807, 2.05) is 0 Å². The molecule has 5 atom stereocenters. The number of nitrogens with one attached hydrogen (secondary N) is 3. The summed E-state index contributed by atoms with van der Waals surface area (Å²) in [6.07, 6.45) is -1.83. The van der Waals surface area contributed by atoms with Crippen LogP contribution in [0.3, 0.4) is 0 Å². The highest BCUT2D eigenvalue weighted by atomic mass is 16.4. The van der Waals surface area contributed by atoms with Crippen molar-refractivity contribution in [2.24, 2.45) is 11.5 Å². The van der Waals surface area contributed by atoms with Gasteiger partial charge in [0.1, 0.15) is 17.8 Å². The lowest BCUT2D eigenvalue weighted by molar-refractivity contribution is -0.145. The quantitative estimate of drug-likeness (QED) is 0.130. The number of benzene rings is 2. The molecule has 40 heavy (non-hydrogen) atoms. The Bertz CT molecular complexity index is 1170. The molecule has 13 nitrogen and oxygen atoms in total. The Morgan fingerprint density at radius 2 is 1.35 bits per heavy atom. The first-order valence-corrected chi connectivity index (χ1v) is 12.5. The molecule has 10 N–H and O–H groups in total. The molecule has 4 amide bonds. The first kappa shape index (κ1) is 31.7. The van der Waals surface area contributed by atoms with E-state index in [2.05, 4.69) is 16.0 Å². The standard InChI is InChI=1S/C27H35N5O8/c1-15(33)23(27(39)40)32-26(38)21(14-16-5-3-2-4-6-16)31-25(37)20(11-12-22(29)35)30-24(36)19(28)13-17-7-9-18(34)10-8-17/h2-10,15,19-21,23,33-34H,11-14,28H2,1H3,(H2,29,35)(H,30,36)(H,31,37)(H,32,38)(H,39,40). The Morgan fingerprint density at radius 1 is 0.800 bits per heavy atom. The number of phenolic OH excluding ortho intramolecular Hbond substituents is 1. The predicted molar refractivity (Wildman–Crippen MR) is 143 cm³/mol. The van der Waals surface area contributed by atoms with Crippen LogP contribution in [0.5, 0.6) is 5.75 Å². The first-order valence-electron chi connectivity index (χ1n) is 12.5. The Kier molecular flexibility index (Phi) is 12.0. The highest BCUT2D eigenvalue weighted by Gasteiger charge is 2.32. The van der Waals surface area contributed by atoms with Gasteiger partial charge in [-0.1, -0.05) is 42.5 Å². The minimum Gasteiger partial charge on any atom is -0.508 e. The molecule has 13 heteroatoms. The molecule has 0 radical (unpaired) electrons. The van der Waals surface area contributed by atoms with E-state index < -0.39 is 59.9 Å². The number of hydrogen-bond donors (Lipinski definition) is 8. The Labute approximate surface area is 230 Å². The van der Waals surface area contributed by atoms with Crippen LogP contribution in [-0.2, 0) is 36.8 Å². The lowest BCUT2D eigenvalue weighted by atomic mass is 10.0. The molecule has 5 unspecified atom stereocenters. The van der Waals surface area contributed by atoms with Gasteiger partial charge in [-0.15, -0.1) is 0 Å². The van der Waals surface area contributed by atoms with Gasteiger partial charge in [0.2, 0.25) is 23.6 Å². The van der Waals surface area contributed by atoms with Gasteiger partial charge in [0.25, 0.3) is 0 Å². The van der Waals surface area contributed by atoms with E-state index in [-0.39, 0.29) is 31.4 Å². The van der Waals surface area contributed by atoms with Crippen LogP contribution in [-0.4, -0.2) is 75.2 Å². The fraction of sp³-hybridized carbons (Fsp3) is 0.370. The number of phenols is 1. The predicted octanol–water partition coefficient (Wildman–Crippen LogP) is -1.31. The van der Waals surface area contributed by atoms with Crippen molar-refractivity contribution in [1.82, 2.24) is 16.0 Å². The maximum Gasteiger partial charge on any atom is 0.328 e. The molecule has 0 aromatic heterocycles. The van der Waals surface area contributed by atoms with Crippen molar-refractivity contribution < 1.29 is 39.3 Å². The van der Waals surface area contributed by atoms with Gasteiger partial charge in [0.05, 0.1) is 12.1 Å². The number of carbonyl (C=O) groups is 5. The highest BCUT2D eigenvalue weighted by Crippen LogP contribution is 2.11. The second kappa shape index (κ2) is 15.2. The Hall–Kier alpha value is -4.49. The number of aromatic hydroxyl groups is 1. The summed E-state index contributed by atoms with van der Waals surface area (Å²) >= 11 is 0. The zero-order chi connectivity index (χ0) is 29.8. The number of primary amides is 1. The summed E-state index contributed by atoms with van der Waals surface area (Å²) in [7, 11) is 0. The van der Waals surface area contributed by atoms with E-state index in [4.69, 9.17) is 11.5 Å². The molecule has 0 fully saturated rings. The molecule has 0 aliphatic carbocycles. The van der Waals surface area contributed by atoms with E-state index in [0.29, 0.717) is 11.1 Å². The summed E-state index contributed by atoms with van der Waals surface area (Å²) < 4.78 is 0. The SMILES string of the molecule is CC(O)C(NC(=O)C(Cc1ccccc1)NC(=O)C(CCC(N)=O)NC(=O)C(N)Cc1ccc(O)cc1)C(=O)O. The molecular formula is C27H35N5O8. The number of aliphatic carboxylic acids is 1. The van der Waals surface area contributed by atoms with Crippen molar-refractivity contribution in [1.29, 1.82) is 0 Å². The van der Waals surface area contributed by atoms with E-state index in [1.165, 1.54) is 19.1 Å². The van der Waals surface area contributed by atoms with Gasteiger partial charge in [0, 0.05) is 12.8 Å². The number of aliphatic hydroxyl groups is 1. The smallest absolute Gasteiger partial charge is 0.328 e. The minimum atomic E-state index is -1.63. The zero-order valence-corrected chi connectivity index (χ0v) is 21.9. The lowest BCUT2D eigenvalue weighted by Gasteiger charge is -2.26. The molecule has 0 bridgehead atoms. The minimum absolute atomic E-state index is 0.0403. The van der Waals surface area contributed by atoms with Crippen LogP contribution in [0.1, 0.15) is 30.9 Å². The second-order valence-corrected chi connectivity index (χ2v) is 9.36. The van der Waals surface area contributed by atoms with Crippen molar-refractivity contribution in [3.63, 3.8) is 0 Å². The first-order chi connectivity index (χ1) is 18.9. The molecule has 216 valence electrons. The van der Waals surface area contributed by atoms with Gasteiger partial charge < -0.3 is 42.7 Å². The fourth-order valence-electron chi connectivity index (χ4n) is 3.79. The number of rotatable bonds is 15. The van der Waals surface area contributed by atoms with Gasteiger partial charge in [-0.25, -0.2) is 4.79 Å². The van der Waals surface area contributed by atoms with Gasteiger partial charge >= 0.3 is 5.97 Å². The average molecular weight is 558 g/mol. The summed E-state index contributed by atoms with van der Waals surface area (Å²) in [6.45, 7) is 1.20. The van der Waals surface area contributed by atoms with E-state index in [0.717, 1.165) is 0 Å². The maximum atomic E-state index is 13.3. The van der Waals surface area contributed by atoms with E-state index >= 15 is 0 Å². The number of carboxylic acid groups (broad SMARTS) is 1. The van der Waals surface area contributed by atoms with E-state index in [1.54, 1.807) is 42.5 Å². The number of amides is 4. The summed E-state index contributed by atoms with van der Waals surface area (Å²) in [6, 6.07) is 9.32. The van der Waals surface area contributed by atoms with E-state index in [9.17, 15) is 39.3 Å². The molecule has 2 aromatic rings. The van der Waals surface area contributed by atoms with Gasteiger partial charge in [-0.05, 0) is 43.0 Å².